The first-order chi connectivity index (χ1) is 9.90. The van der Waals surface area contributed by atoms with E-state index < -0.39 is 50.6 Å². The minimum Gasteiger partial charge on any atom is -0.549 e. The Morgan fingerprint density at radius 1 is 1.23 bits per heavy atom. The van der Waals surface area contributed by atoms with Crippen LogP contribution in [0.2, 0.25) is 5.02 Å². The summed E-state index contributed by atoms with van der Waals surface area (Å²) >= 11 is 5.44. The third-order valence-corrected chi connectivity index (χ3v) is 3.86. The third-order valence-electron chi connectivity index (χ3n) is 2.25. The maximum Gasteiger partial charge on any atom is 0.418 e. The topological polar surface area (TPSA) is 103 Å². The molecule has 22 heavy (non-hydrogen) atoms. The van der Waals surface area contributed by atoms with Gasteiger partial charge in [-0.3, -0.25) is 4.79 Å². The number of halogens is 4. The summed E-state index contributed by atoms with van der Waals surface area (Å²) < 4.78 is 60.8. The summed E-state index contributed by atoms with van der Waals surface area (Å²) in [7, 11) is -4.34. The number of carbonyl (C=O) groups excluding carboxylic acids is 2. The second-order valence-electron chi connectivity index (χ2n) is 4.14. The van der Waals surface area contributed by atoms with Crippen LogP contribution >= 0.6 is 11.6 Å². The fourth-order valence-corrected chi connectivity index (χ4v) is 2.58. The Bertz CT molecular complexity index is 702. The molecule has 0 aromatic heterocycles. The molecule has 0 aliphatic carbocycles. The number of amides is 1. The highest BCUT2D eigenvalue weighted by atomic mass is 35.5. The molecule has 1 rings (SSSR count). The highest BCUT2D eigenvalue weighted by Gasteiger charge is 2.34. The Labute approximate surface area is 127 Å². The number of carboxylic acids is 1. The number of rotatable bonds is 5. The molecule has 6 nitrogen and oxygen atoms in total. The van der Waals surface area contributed by atoms with Crippen LogP contribution in [-0.2, 0) is 25.6 Å². The molecule has 11 heteroatoms. The molecule has 0 unspecified atom stereocenters. The SMILES string of the molecule is O=C([O-])CS(=O)(=O)CC(=O)Nc1ccc(Cl)cc1C(F)(F)F. The van der Waals surface area contributed by atoms with Crippen LogP contribution in [0.5, 0.6) is 0 Å². The lowest BCUT2D eigenvalue weighted by atomic mass is 10.1. The van der Waals surface area contributed by atoms with Crippen LogP contribution in [0.1, 0.15) is 5.56 Å². The van der Waals surface area contributed by atoms with Crippen LogP contribution in [-0.4, -0.2) is 31.8 Å². The van der Waals surface area contributed by atoms with E-state index in [2.05, 4.69) is 0 Å². The highest BCUT2D eigenvalue weighted by molar-refractivity contribution is 7.92. The molecule has 0 bridgehead atoms. The first-order valence-electron chi connectivity index (χ1n) is 5.47. The van der Waals surface area contributed by atoms with Gasteiger partial charge in [-0.25, -0.2) is 8.42 Å². The van der Waals surface area contributed by atoms with Crippen molar-refractivity contribution in [1.82, 2.24) is 0 Å². The van der Waals surface area contributed by atoms with E-state index >= 15 is 0 Å². The largest absolute Gasteiger partial charge is 0.549 e. The zero-order valence-corrected chi connectivity index (χ0v) is 12.2. The Morgan fingerprint density at radius 3 is 2.32 bits per heavy atom. The first-order valence-corrected chi connectivity index (χ1v) is 7.67. The average molecular weight is 359 g/mol. The molecular weight excluding hydrogens is 351 g/mol. The lowest BCUT2D eigenvalue weighted by molar-refractivity contribution is -0.301. The van der Waals surface area contributed by atoms with Gasteiger partial charge < -0.3 is 15.2 Å². The molecule has 1 aromatic rings. The van der Waals surface area contributed by atoms with Crippen molar-refractivity contribution < 1.29 is 36.3 Å². The van der Waals surface area contributed by atoms with E-state index in [9.17, 15) is 36.3 Å². The summed E-state index contributed by atoms with van der Waals surface area (Å²) in [4.78, 5) is 21.7. The number of carbonyl (C=O) groups is 2. The van der Waals surface area contributed by atoms with E-state index in [-0.39, 0.29) is 5.02 Å². The number of aliphatic carboxylic acids is 1. The van der Waals surface area contributed by atoms with Crippen molar-refractivity contribution in [3.63, 3.8) is 0 Å². The van der Waals surface area contributed by atoms with Gasteiger partial charge in [0.15, 0.2) is 9.84 Å². The molecule has 0 atom stereocenters. The van der Waals surface area contributed by atoms with Gasteiger partial charge in [0.25, 0.3) is 0 Å². The van der Waals surface area contributed by atoms with Crippen LogP contribution in [0.25, 0.3) is 0 Å². The van der Waals surface area contributed by atoms with Crippen LogP contribution in [0.15, 0.2) is 18.2 Å². The van der Waals surface area contributed by atoms with Crippen molar-refractivity contribution in [3.05, 3.63) is 28.8 Å². The molecule has 0 saturated carbocycles. The standard InChI is InChI=1S/C11H9ClF3NO5S/c12-6-1-2-8(7(3-6)11(13,14)15)16-9(17)4-22(20,21)5-10(18)19/h1-3H,4-5H2,(H,16,17)(H,18,19)/p-1. The molecule has 0 saturated heterocycles. The monoisotopic (exact) mass is 358 g/mol. The van der Waals surface area contributed by atoms with Crippen LogP contribution in [0, 0.1) is 0 Å². The van der Waals surface area contributed by atoms with Crippen LogP contribution in [0.3, 0.4) is 0 Å². The van der Waals surface area contributed by atoms with E-state index in [1.807, 2.05) is 0 Å². The van der Waals surface area contributed by atoms with Gasteiger partial charge >= 0.3 is 6.18 Å². The fraction of sp³-hybridized carbons (Fsp3) is 0.273. The molecule has 122 valence electrons. The van der Waals surface area contributed by atoms with Crippen molar-refractivity contribution in [1.29, 1.82) is 0 Å². The minimum absolute atomic E-state index is 0.227. The zero-order valence-electron chi connectivity index (χ0n) is 10.6. The van der Waals surface area contributed by atoms with Crippen molar-refractivity contribution in [3.8, 4) is 0 Å². The van der Waals surface area contributed by atoms with Crippen molar-refractivity contribution >= 4 is 39.0 Å². The van der Waals surface area contributed by atoms with Crippen molar-refractivity contribution in [2.45, 2.75) is 6.18 Å². The van der Waals surface area contributed by atoms with E-state index in [0.717, 1.165) is 12.1 Å². The minimum atomic E-state index is -4.82. The maximum absolute atomic E-state index is 12.8. The molecule has 1 amide bonds. The number of benzene rings is 1. The van der Waals surface area contributed by atoms with E-state index in [4.69, 9.17) is 11.6 Å². The number of hydrogen-bond acceptors (Lipinski definition) is 5. The number of carboxylic acid groups (broad SMARTS) is 1. The predicted molar refractivity (Wildman–Crippen MR) is 68.7 cm³/mol. The van der Waals surface area contributed by atoms with Gasteiger partial charge in [0.2, 0.25) is 5.91 Å². The molecule has 0 heterocycles. The van der Waals surface area contributed by atoms with Crippen molar-refractivity contribution in [2.75, 3.05) is 16.8 Å². The summed E-state index contributed by atoms with van der Waals surface area (Å²) in [5.74, 6) is -5.93. The van der Waals surface area contributed by atoms with Crippen molar-refractivity contribution in [2.24, 2.45) is 0 Å². The van der Waals surface area contributed by atoms with Crippen LogP contribution < -0.4 is 10.4 Å². The smallest absolute Gasteiger partial charge is 0.418 e. The zero-order chi connectivity index (χ0) is 17.1. The predicted octanol–water partition coefficient (Wildman–Crippen LogP) is 0.462. The third kappa shape index (κ3) is 5.53. The summed E-state index contributed by atoms with van der Waals surface area (Å²) in [5.41, 5.74) is -1.95. The van der Waals surface area contributed by atoms with E-state index in [0.29, 0.717) is 6.07 Å². The normalized spacial score (nSPS) is 12.0. The van der Waals surface area contributed by atoms with E-state index in [1.165, 1.54) is 0 Å². The first kappa shape index (κ1) is 18.2. The van der Waals surface area contributed by atoms with Gasteiger partial charge in [0.1, 0.15) is 5.75 Å². The molecule has 0 radical (unpaired) electrons. The van der Waals surface area contributed by atoms with Gasteiger partial charge in [-0.1, -0.05) is 11.6 Å². The van der Waals surface area contributed by atoms with Gasteiger partial charge in [-0.05, 0) is 18.2 Å². The van der Waals surface area contributed by atoms with Crippen LogP contribution in [0.4, 0.5) is 18.9 Å². The molecule has 0 aliphatic heterocycles. The summed E-state index contributed by atoms with van der Waals surface area (Å²) in [5, 5.41) is 11.7. The summed E-state index contributed by atoms with van der Waals surface area (Å²) in [6, 6.07) is 2.49. The maximum atomic E-state index is 12.8. The van der Waals surface area contributed by atoms with E-state index in [1.54, 1.807) is 5.32 Å². The summed E-state index contributed by atoms with van der Waals surface area (Å²) in [6.07, 6.45) is -4.82. The Balaban J connectivity index is 2.96. The number of sulfone groups is 1. The molecule has 0 spiro atoms. The lowest BCUT2D eigenvalue weighted by Crippen LogP contribution is -2.34. The Kier molecular flexibility index (Phi) is 5.41. The molecule has 0 aliphatic rings. The number of alkyl halides is 3. The highest BCUT2D eigenvalue weighted by Crippen LogP contribution is 2.36. The quantitative estimate of drug-likeness (QED) is 0.823. The molecule has 0 fully saturated rings. The number of nitrogens with one attached hydrogen (secondary N) is 1. The Hall–Kier alpha value is -1.81. The number of anilines is 1. The summed E-state index contributed by atoms with van der Waals surface area (Å²) in [6.45, 7) is 0. The van der Waals surface area contributed by atoms with Gasteiger partial charge in [-0.15, -0.1) is 0 Å². The number of hydrogen-bond donors (Lipinski definition) is 1. The fourth-order valence-electron chi connectivity index (χ4n) is 1.48. The average Bonchev–Trinajstić information content (AvgIpc) is 2.27. The van der Waals surface area contributed by atoms with Gasteiger partial charge in [-0.2, -0.15) is 13.2 Å². The lowest BCUT2D eigenvalue weighted by Gasteiger charge is -2.14. The second-order valence-corrected chi connectivity index (χ2v) is 6.64. The molecule has 1 aromatic carbocycles. The Morgan fingerprint density at radius 2 is 1.82 bits per heavy atom. The van der Waals surface area contributed by atoms with Gasteiger partial charge in [0, 0.05) is 5.02 Å². The van der Waals surface area contributed by atoms with Gasteiger partial charge in [0.05, 0.1) is 23.0 Å². The molecule has 1 N–H and O–H groups in total. The second kappa shape index (κ2) is 6.53. The molecular formula is C11H8ClF3NO5S-.